The number of anilines is 1. The molecule has 6 nitrogen and oxygen atoms in total. The zero-order chi connectivity index (χ0) is 19.3. The SMILES string of the molecule is CC(C)[C@H](NS(=O)(=O)c1cccs1)C(=O)NCc1ccc(N(C)C)cc1. The smallest absolute Gasteiger partial charge is 0.250 e. The van der Waals surface area contributed by atoms with Crippen LogP contribution in [-0.2, 0) is 21.4 Å². The normalized spacial score (nSPS) is 12.8. The first kappa shape index (κ1) is 20.4. The van der Waals surface area contributed by atoms with Crippen LogP contribution in [0.3, 0.4) is 0 Å². The van der Waals surface area contributed by atoms with Crippen LogP contribution >= 0.6 is 11.3 Å². The fourth-order valence-corrected chi connectivity index (χ4v) is 4.70. The summed E-state index contributed by atoms with van der Waals surface area (Å²) in [6.07, 6.45) is 0. The number of nitrogens with zero attached hydrogens (tertiary/aromatic N) is 1. The molecule has 1 atom stereocenters. The molecule has 0 aliphatic rings. The monoisotopic (exact) mass is 395 g/mol. The van der Waals surface area contributed by atoms with Crippen molar-refractivity contribution in [3.63, 3.8) is 0 Å². The second-order valence-electron chi connectivity index (χ2n) is 6.55. The van der Waals surface area contributed by atoms with E-state index in [0.29, 0.717) is 6.54 Å². The number of nitrogens with one attached hydrogen (secondary N) is 2. The zero-order valence-electron chi connectivity index (χ0n) is 15.4. The predicted octanol–water partition coefficient (Wildman–Crippen LogP) is 2.43. The van der Waals surface area contributed by atoms with E-state index in [9.17, 15) is 13.2 Å². The van der Waals surface area contributed by atoms with Gasteiger partial charge in [-0.1, -0.05) is 32.0 Å². The Morgan fingerprint density at radius 2 is 1.81 bits per heavy atom. The molecular formula is C18H25N3O3S2. The van der Waals surface area contributed by atoms with Gasteiger partial charge in [-0.15, -0.1) is 11.3 Å². The molecule has 8 heteroatoms. The van der Waals surface area contributed by atoms with Crippen molar-refractivity contribution in [3.8, 4) is 0 Å². The van der Waals surface area contributed by atoms with Crippen LogP contribution in [0.5, 0.6) is 0 Å². The molecular weight excluding hydrogens is 370 g/mol. The molecule has 0 spiro atoms. The van der Waals surface area contributed by atoms with Crippen LogP contribution in [0.2, 0.25) is 0 Å². The van der Waals surface area contributed by atoms with E-state index in [4.69, 9.17) is 0 Å². The molecule has 26 heavy (non-hydrogen) atoms. The molecule has 2 rings (SSSR count). The lowest BCUT2D eigenvalue weighted by Gasteiger charge is -2.21. The van der Waals surface area contributed by atoms with E-state index in [1.54, 1.807) is 11.4 Å². The molecule has 0 aliphatic carbocycles. The van der Waals surface area contributed by atoms with Crippen LogP contribution in [0.15, 0.2) is 46.0 Å². The van der Waals surface area contributed by atoms with Gasteiger partial charge >= 0.3 is 0 Å². The first-order valence-corrected chi connectivity index (χ1v) is 10.7. The van der Waals surface area contributed by atoms with Crippen LogP contribution in [0.25, 0.3) is 0 Å². The van der Waals surface area contributed by atoms with Crippen molar-refractivity contribution < 1.29 is 13.2 Å². The number of carbonyl (C=O) groups excluding carboxylic acids is 1. The fourth-order valence-electron chi connectivity index (χ4n) is 2.35. The lowest BCUT2D eigenvalue weighted by Crippen LogP contribution is -2.49. The van der Waals surface area contributed by atoms with Crippen molar-refractivity contribution in [2.75, 3.05) is 19.0 Å². The number of hydrogen-bond acceptors (Lipinski definition) is 5. The fraction of sp³-hybridized carbons (Fsp3) is 0.389. The van der Waals surface area contributed by atoms with Gasteiger partial charge in [-0.2, -0.15) is 4.72 Å². The van der Waals surface area contributed by atoms with Crippen molar-refractivity contribution in [1.29, 1.82) is 0 Å². The minimum absolute atomic E-state index is 0.180. The van der Waals surface area contributed by atoms with E-state index in [0.717, 1.165) is 22.6 Å². The van der Waals surface area contributed by atoms with E-state index in [1.807, 2.05) is 57.1 Å². The van der Waals surface area contributed by atoms with Gasteiger partial charge in [0.25, 0.3) is 10.0 Å². The Hall–Kier alpha value is -1.90. The van der Waals surface area contributed by atoms with Gasteiger partial charge in [-0.25, -0.2) is 8.42 Å². The Balaban J connectivity index is 2.02. The number of amides is 1. The maximum Gasteiger partial charge on any atom is 0.250 e. The first-order valence-electron chi connectivity index (χ1n) is 8.30. The number of thiophene rings is 1. The quantitative estimate of drug-likeness (QED) is 0.720. The molecule has 2 aromatic rings. The van der Waals surface area contributed by atoms with Crippen molar-refractivity contribution in [2.45, 2.75) is 30.6 Å². The highest BCUT2D eigenvalue weighted by atomic mass is 32.2. The Morgan fingerprint density at radius 1 is 1.15 bits per heavy atom. The van der Waals surface area contributed by atoms with Crippen molar-refractivity contribution in [3.05, 3.63) is 47.3 Å². The average Bonchev–Trinajstić information content (AvgIpc) is 3.13. The second kappa shape index (κ2) is 8.66. The molecule has 1 heterocycles. The van der Waals surface area contributed by atoms with E-state index in [-0.39, 0.29) is 16.0 Å². The largest absolute Gasteiger partial charge is 0.378 e. The molecule has 0 aliphatic heterocycles. The highest BCUT2D eigenvalue weighted by Gasteiger charge is 2.28. The number of rotatable bonds is 8. The molecule has 142 valence electrons. The Kier molecular flexibility index (Phi) is 6.80. The van der Waals surface area contributed by atoms with Gasteiger partial charge in [0.05, 0.1) is 0 Å². The van der Waals surface area contributed by atoms with Gasteiger partial charge in [-0.3, -0.25) is 4.79 Å². The number of sulfonamides is 1. The van der Waals surface area contributed by atoms with Gasteiger partial charge in [0.15, 0.2) is 0 Å². The summed E-state index contributed by atoms with van der Waals surface area (Å²) >= 11 is 1.12. The molecule has 0 radical (unpaired) electrons. The standard InChI is InChI=1S/C18H25N3O3S2/c1-13(2)17(20-26(23,24)16-6-5-11-25-16)18(22)19-12-14-7-9-15(10-8-14)21(3)4/h5-11,13,17,20H,12H2,1-4H3,(H,19,22)/t17-/m0/s1. The molecule has 0 unspecified atom stereocenters. The van der Waals surface area contributed by atoms with Crippen molar-refractivity contribution in [1.82, 2.24) is 10.0 Å². The van der Waals surface area contributed by atoms with Crippen LogP contribution < -0.4 is 14.9 Å². The summed E-state index contributed by atoms with van der Waals surface area (Å²) < 4.78 is 27.5. The lowest BCUT2D eigenvalue weighted by atomic mass is 10.0. The van der Waals surface area contributed by atoms with Crippen molar-refractivity contribution >= 4 is 33.0 Å². The number of carbonyl (C=O) groups is 1. The maximum absolute atomic E-state index is 12.5. The van der Waals surface area contributed by atoms with Crippen molar-refractivity contribution in [2.24, 2.45) is 5.92 Å². The summed E-state index contributed by atoms with van der Waals surface area (Å²) in [5.74, 6) is -0.516. The van der Waals surface area contributed by atoms with E-state index >= 15 is 0 Å². The summed E-state index contributed by atoms with van der Waals surface area (Å²) in [4.78, 5) is 14.5. The summed E-state index contributed by atoms with van der Waals surface area (Å²) in [6.45, 7) is 3.97. The third-order valence-electron chi connectivity index (χ3n) is 3.91. The topological polar surface area (TPSA) is 78.5 Å². The summed E-state index contributed by atoms with van der Waals surface area (Å²) in [6, 6.07) is 10.2. The van der Waals surface area contributed by atoms with Gasteiger partial charge in [0, 0.05) is 26.3 Å². The molecule has 0 bridgehead atoms. The van der Waals surface area contributed by atoms with Crippen LogP contribution in [0.4, 0.5) is 5.69 Å². The van der Waals surface area contributed by atoms with E-state index in [1.165, 1.54) is 6.07 Å². The molecule has 0 saturated carbocycles. The van der Waals surface area contributed by atoms with Gasteiger partial charge < -0.3 is 10.2 Å². The second-order valence-corrected chi connectivity index (χ2v) is 9.44. The average molecular weight is 396 g/mol. The highest BCUT2D eigenvalue weighted by molar-refractivity contribution is 7.91. The third-order valence-corrected chi connectivity index (χ3v) is 6.75. The van der Waals surface area contributed by atoms with Gasteiger partial charge in [0.2, 0.25) is 5.91 Å². The molecule has 1 aromatic heterocycles. The lowest BCUT2D eigenvalue weighted by molar-refractivity contribution is -0.123. The van der Waals surface area contributed by atoms with E-state index < -0.39 is 16.1 Å². The summed E-state index contributed by atoms with van der Waals surface area (Å²) in [5.41, 5.74) is 2.02. The minimum atomic E-state index is -3.70. The third kappa shape index (κ3) is 5.30. The van der Waals surface area contributed by atoms with Crippen LogP contribution in [0, 0.1) is 5.92 Å². The first-order chi connectivity index (χ1) is 12.2. The van der Waals surface area contributed by atoms with E-state index in [2.05, 4.69) is 10.0 Å². The molecule has 0 saturated heterocycles. The Bertz CT molecular complexity index is 814. The minimum Gasteiger partial charge on any atom is -0.378 e. The molecule has 2 N–H and O–H groups in total. The maximum atomic E-state index is 12.5. The van der Waals surface area contributed by atoms with Crippen LogP contribution in [0.1, 0.15) is 19.4 Å². The van der Waals surface area contributed by atoms with Gasteiger partial charge in [-0.05, 0) is 35.1 Å². The Labute approximate surface area is 159 Å². The van der Waals surface area contributed by atoms with Crippen LogP contribution in [-0.4, -0.2) is 34.5 Å². The molecule has 1 aromatic carbocycles. The highest BCUT2D eigenvalue weighted by Crippen LogP contribution is 2.17. The number of hydrogen-bond donors (Lipinski definition) is 2. The summed E-state index contributed by atoms with van der Waals surface area (Å²) in [7, 11) is 0.222. The number of benzene rings is 1. The molecule has 0 fully saturated rings. The predicted molar refractivity (Wildman–Crippen MR) is 106 cm³/mol. The van der Waals surface area contributed by atoms with Gasteiger partial charge in [0.1, 0.15) is 10.3 Å². The molecule has 1 amide bonds. The Morgan fingerprint density at radius 3 is 2.31 bits per heavy atom. The summed E-state index contributed by atoms with van der Waals surface area (Å²) in [5, 5.41) is 4.51. The zero-order valence-corrected chi connectivity index (χ0v) is 17.0.